The molecular formula is C10H15NO2. The molecule has 3 rings (SSSR count). The van der Waals surface area contributed by atoms with E-state index in [-0.39, 0.29) is 12.0 Å². The molecule has 0 aromatic carbocycles. The fourth-order valence-corrected chi connectivity index (χ4v) is 3.63. The van der Waals surface area contributed by atoms with Crippen LogP contribution in [0.3, 0.4) is 0 Å². The zero-order valence-corrected chi connectivity index (χ0v) is 7.57. The number of rotatable bonds is 0. The van der Waals surface area contributed by atoms with Crippen LogP contribution >= 0.6 is 0 Å². The second kappa shape index (κ2) is 2.47. The first-order chi connectivity index (χ1) is 6.25. The van der Waals surface area contributed by atoms with Gasteiger partial charge in [0.2, 0.25) is 5.91 Å². The van der Waals surface area contributed by atoms with Gasteiger partial charge in [-0.2, -0.15) is 0 Å². The van der Waals surface area contributed by atoms with Gasteiger partial charge >= 0.3 is 0 Å². The van der Waals surface area contributed by atoms with Crippen LogP contribution in [0, 0.1) is 17.8 Å². The highest BCUT2D eigenvalue weighted by Gasteiger charge is 2.53. The van der Waals surface area contributed by atoms with Crippen LogP contribution in [-0.2, 0) is 4.79 Å². The fraction of sp³-hybridized carbons (Fsp3) is 0.900. The maximum absolute atomic E-state index is 11.2. The summed E-state index contributed by atoms with van der Waals surface area (Å²) in [4.78, 5) is 11.2. The summed E-state index contributed by atoms with van der Waals surface area (Å²) < 4.78 is 0. The Bertz CT molecular complexity index is 253. The molecule has 72 valence electrons. The van der Waals surface area contributed by atoms with Crippen molar-refractivity contribution < 1.29 is 9.90 Å². The first-order valence-electron chi connectivity index (χ1n) is 5.23. The highest BCUT2D eigenvalue weighted by molar-refractivity contribution is 5.77. The van der Waals surface area contributed by atoms with E-state index in [1.54, 1.807) is 0 Å². The third-order valence-electron chi connectivity index (χ3n) is 4.16. The first kappa shape index (κ1) is 7.80. The van der Waals surface area contributed by atoms with E-state index in [1.165, 1.54) is 0 Å². The normalized spacial score (nSPS) is 53.3. The van der Waals surface area contributed by atoms with Gasteiger partial charge in [-0.05, 0) is 37.0 Å². The fourth-order valence-electron chi connectivity index (χ4n) is 3.63. The lowest BCUT2D eigenvalue weighted by Gasteiger charge is -2.37. The lowest BCUT2D eigenvalue weighted by Crippen LogP contribution is -2.50. The average molecular weight is 181 g/mol. The Balaban J connectivity index is 1.84. The Morgan fingerprint density at radius 1 is 1.31 bits per heavy atom. The van der Waals surface area contributed by atoms with Gasteiger partial charge in [-0.3, -0.25) is 4.79 Å². The standard InChI is InChI=1S/C10H15NO2/c12-8-4-5-3-7(8)6-1-2-9(13)11-10(5)6/h5-8,10,12H,1-4H2,(H,11,13)/t5-,6+,7-,8-,10-/m1/s1. The van der Waals surface area contributed by atoms with Crippen molar-refractivity contribution in [3.05, 3.63) is 0 Å². The molecule has 2 bridgehead atoms. The largest absolute Gasteiger partial charge is 0.393 e. The zero-order valence-electron chi connectivity index (χ0n) is 7.57. The minimum absolute atomic E-state index is 0.0822. The Morgan fingerprint density at radius 2 is 2.15 bits per heavy atom. The number of nitrogens with one attached hydrogen (secondary N) is 1. The summed E-state index contributed by atoms with van der Waals surface area (Å²) in [5, 5.41) is 12.8. The monoisotopic (exact) mass is 181 g/mol. The molecule has 1 amide bonds. The first-order valence-corrected chi connectivity index (χ1v) is 5.23. The van der Waals surface area contributed by atoms with Crippen LogP contribution in [0.15, 0.2) is 0 Å². The summed E-state index contributed by atoms with van der Waals surface area (Å²) in [6.07, 6.45) is 3.62. The van der Waals surface area contributed by atoms with Crippen molar-refractivity contribution in [3.63, 3.8) is 0 Å². The maximum Gasteiger partial charge on any atom is 0.220 e. The molecule has 0 aromatic heterocycles. The molecule has 5 atom stereocenters. The van der Waals surface area contributed by atoms with Gasteiger partial charge in [0, 0.05) is 12.5 Å². The van der Waals surface area contributed by atoms with E-state index in [0.717, 1.165) is 19.3 Å². The number of hydrogen-bond donors (Lipinski definition) is 2. The van der Waals surface area contributed by atoms with Gasteiger partial charge in [0.15, 0.2) is 0 Å². The molecule has 1 heterocycles. The predicted molar refractivity (Wildman–Crippen MR) is 46.9 cm³/mol. The number of piperidine rings is 1. The van der Waals surface area contributed by atoms with E-state index in [9.17, 15) is 9.90 Å². The molecule has 2 aliphatic carbocycles. The highest BCUT2D eigenvalue weighted by Crippen LogP contribution is 2.51. The van der Waals surface area contributed by atoms with Gasteiger partial charge in [0.1, 0.15) is 0 Å². The average Bonchev–Trinajstić information content (AvgIpc) is 2.61. The molecule has 3 fully saturated rings. The molecule has 2 saturated carbocycles. The van der Waals surface area contributed by atoms with Crippen LogP contribution in [0.5, 0.6) is 0 Å². The number of hydrogen-bond acceptors (Lipinski definition) is 2. The van der Waals surface area contributed by atoms with Crippen LogP contribution in [0.25, 0.3) is 0 Å². The van der Waals surface area contributed by atoms with E-state index in [4.69, 9.17) is 0 Å². The van der Waals surface area contributed by atoms with E-state index in [2.05, 4.69) is 5.32 Å². The number of carbonyl (C=O) groups excluding carboxylic acids is 1. The molecule has 2 N–H and O–H groups in total. The van der Waals surface area contributed by atoms with Gasteiger partial charge < -0.3 is 10.4 Å². The van der Waals surface area contributed by atoms with Crippen molar-refractivity contribution in [1.82, 2.24) is 5.32 Å². The molecule has 3 heteroatoms. The van der Waals surface area contributed by atoms with Crippen molar-refractivity contribution in [1.29, 1.82) is 0 Å². The summed E-state index contributed by atoms with van der Waals surface area (Å²) in [7, 11) is 0. The molecule has 1 saturated heterocycles. The highest BCUT2D eigenvalue weighted by atomic mass is 16.3. The summed E-state index contributed by atoms with van der Waals surface area (Å²) in [6, 6.07) is 0.398. The van der Waals surface area contributed by atoms with E-state index in [0.29, 0.717) is 30.2 Å². The van der Waals surface area contributed by atoms with Crippen molar-refractivity contribution in [3.8, 4) is 0 Å². The molecule has 0 aromatic rings. The summed E-state index contributed by atoms with van der Waals surface area (Å²) in [5.41, 5.74) is 0. The third kappa shape index (κ3) is 0.966. The number of fused-ring (bicyclic) bond motifs is 5. The lowest BCUT2D eigenvalue weighted by atomic mass is 9.78. The molecule has 13 heavy (non-hydrogen) atoms. The van der Waals surface area contributed by atoms with E-state index >= 15 is 0 Å². The Labute approximate surface area is 77.5 Å². The predicted octanol–water partition coefficient (Wildman–Crippen LogP) is 0.282. The van der Waals surface area contributed by atoms with E-state index < -0.39 is 0 Å². The molecule has 1 aliphatic heterocycles. The number of amides is 1. The van der Waals surface area contributed by atoms with Crippen LogP contribution in [0.4, 0.5) is 0 Å². The maximum atomic E-state index is 11.2. The lowest BCUT2D eigenvalue weighted by molar-refractivity contribution is -0.125. The Kier molecular flexibility index (Phi) is 1.48. The van der Waals surface area contributed by atoms with Crippen molar-refractivity contribution >= 4 is 5.91 Å². The quantitative estimate of drug-likeness (QED) is 0.564. The Morgan fingerprint density at radius 3 is 3.00 bits per heavy atom. The third-order valence-corrected chi connectivity index (χ3v) is 4.16. The van der Waals surface area contributed by atoms with Gasteiger partial charge in [0.25, 0.3) is 0 Å². The van der Waals surface area contributed by atoms with E-state index in [1.807, 2.05) is 0 Å². The number of aliphatic hydroxyl groups is 1. The minimum atomic E-state index is -0.0822. The van der Waals surface area contributed by atoms with Gasteiger partial charge in [-0.1, -0.05) is 0 Å². The number of aliphatic hydroxyl groups excluding tert-OH is 1. The van der Waals surface area contributed by atoms with Crippen molar-refractivity contribution in [2.24, 2.45) is 17.8 Å². The van der Waals surface area contributed by atoms with Crippen molar-refractivity contribution in [2.75, 3.05) is 0 Å². The second-order valence-electron chi connectivity index (χ2n) is 4.76. The van der Waals surface area contributed by atoms with Crippen LogP contribution in [-0.4, -0.2) is 23.2 Å². The molecule has 0 radical (unpaired) electrons. The molecule has 3 aliphatic rings. The summed E-state index contributed by atoms with van der Waals surface area (Å²) in [6.45, 7) is 0. The molecule has 0 unspecified atom stereocenters. The Hall–Kier alpha value is -0.570. The summed E-state index contributed by atoms with van der Waals surface area (Å²) in [5.74, 6) is 1.83. The second-order valence-corrected chi connectivity index (χ2v) is 4.76. The molecule has 0 spiro atoms. The van der Waals surface area contributed by atoms with Crippen molar-refractivity contribution in [2.45, 2.75) is 37.8 Å². The van der Waals surface area contributed by atoms with Crippen LogP contribution in [0.1, 0.15) is 25.7 Å². The minimum Gasteiger partial charge on any atom is -0.393 e. The van der Waals surface area contributed by atoms with Crippen LogP contribution < -0.4 is 5.32 Å². The topological polar surface area (TPSA) is 49.3 Å². The van der Waals surface area contributed by atoms with Gasteiger partial charge in [-0.25, -0.2) is 0 Å². The smallest absolute Gasteiger partial charge is 0.220 e. The van der Waals surface area contributed by atoms with Gasteiger partial charge in [0.05, 0.1) is 6.10 Å². The van der Waals surface area contributed by atoms with Crippen LogP contribution in [0.2, 0.25) is 0 Å². The number of carbonyl (C=O) groups is 1. The molecule has 3 nitrogen and oxygen atoms in total. The molecular weight excluding hydrogens is 166 g/mol. The zero-order chi connectivity index (χ0) is 9.00. The van der Waals surface area contributed by atoms with Gasteiger partial charge in [-0.15, -0.1) is 0 Å². The summed E-state index contributed by atoms with van der Waals surface area (Å²) >= 11 is 0. The SMILES string of the molecule is O=C1CC[C@H]2[C@H]3C[C@H](C[C@H]3O)[C@H]2N1.